The van der Waals surface area contributed by atoms with Gasteiger partial charge in [0, 0.05) is 10.7 Å². The number of Topliss-reactive ketones (excluding diaryl/α,β-unsaturated/α-hetero) is 1. The zero-order valence-electron chi connectivity index (χ0n) is 9.13. The van der Waals surface area contributed by atoms with Crippen molar-refractivity contribution < 1.29 is 9.90 Å². The standard InChI is InChI=1S/C10H20O2S/c1-7(11)8(2)13-6-9(12)10(3,4)5/h7-8,11H,6H2,1-5H3. The Morgan fingerprint density at radius 1 is 1.38 bits per heavy atom. The van der Waals surface area contributed by atoms with Gasteiger partial charge < -0.3 is 5.11 Å². The van der Waals surface area contributed by atoms with E-state index in [1.165, 1.54) is 11.8 Å². The van der Waals surface area contributed by atoms with Crippen molar-refractivity contribution in [3.05, 3.63) is 0 Å². The van der Waals surface area contributed by atoms with E-state index in [0.29, 0.717) is 5.75 Å². The van der Waals surface area contributed by atoms with Crippen molar-refractivity contribution in [1.82, 2.24) is 0 Å². The molecule has 0 aliphatic carbocycles. The molecule has 2 nitrogen and oxygen atoms in total. The van der Waals surface area contributed by atoms with Gasteiger partial charge in [-0.05, 0) is 6.92 Å². The Labute approximate surface area is 85.1 Å². The summed E-state index contributed by atoms with van der Waals surface area (Å²) in [4.78, 5) is 11.5. The summed E-state index contributed by atoms with van der Waals surface area (Å²) in [5.41, 5.74) is -0.259. The zero-order valence-corrected chi connectivity index (χ0v) is 9.94. The normalized spacial score (nSPS) is 16.8. The number of aliphatic hydroxyl groups is 1. The van der Waals surface area contributed by atoms with E-state index in [4.69, 9.17) is 0 Å². The molecule has 1 N–H and O–H groups in total. The van der Waals surface area contributed by atoms with Gasteiger partial charge in [-0.2, -0.15) is 0 Å². The molecule has 0 saturated carbocycles. The number of hydrogen-bond acceptors (Lipinski definition) is 3. The molecule has 0 aliphatic rings. The number of carbonyl (C=O) groups is 1. The van der Waals surface area contributed by atoms with E-state index in [1.54, 1.807) is 6.92 Å². The molecule has 3 heteroatoms. The molecule has 0 heterocycles. The number of rotatable bonds is 4. The van der Waals surface area contributed by atoms with Gasteiger partial charge in [0.05, 0.1) is 11.9 Å². The van der Waals surface area contributed by atoms with Crippen molar-refractivity contribution in [2.45, 2.75) is 46.0 Å². The van der Waals surface area contributed by atoms with E-state index in [9.17, 15) is 9.90 Å². The SMILES string of the molecule is CC(O)C(C)SCC(=O)C(C)(C)C. The monoisotopic (exact) mass is 204 g/mol. The molecule has 0 amide bonds. The number of hydrogen-bond donors (Lipinski definition) is 1. The summed E-state index contributed by atoms with van der Waals surface area (Å²) in [5.74, 6) is 0.736. The van der Waals surface area contributed by atoms with Crippen LogP contribution in [0.5, 0.6) is 0 Å². The molecule has 0 aromatic heterocycles. The molecule has 0 rings (SSSR count). The highest BCUT2D eigenvalue weighted by Crippen LogP contribution is 2.21. The molecular weight excluding hydrogens is 184 g/mol. The summed E-state index contributed by atoms with van der Waals surface area (Å²) in [6.07, 6.45) is -0.349. The Hall–Kier alpha value is -0.0200. The van der Waals surface area contributed by atoms with Crippen LogP contribution in [0.2, 0.25) is 0 Å². The minimum Gasteiger partial charge on any atom is -0.392 e. The van der Waals surface area contributed by atoms with E-state index in [2.05, 4.69) is 0 Å². The summed E-state index contributed by atoms with van der Waals surface area (Å²) in [7, 11) is 0. The van der Waals surface area contributed by atoms with Crippen molar-refractivity contribution in [3.8, 4) is 0 Å². The fourth-order valence-electron chi connectivity index (χ4n) is 0.563. The highest BCUT2D eigenvalue weighted by Gasteiger charge is 2.22. The first-order valence-corrected chi connectivity index (χ1v) is 5.63. The van der Waals surface area contributed by atoms with Gasteiger partial charge in [-0.25, -0.2) is 0 Å². The van der Waals surface area contributed by atoms with Crippen molar-refractivity contribution in [2.24, 2.45) is 5.41 Å². The van der Waals surface area contributed by atoms with Gasteiger partial charge in [0.25, 0.3) is 0 Å². The summed E-state index contributed by atoms with van der Waals surface area (Å²) in [5, 5.41) is 9.34. The molecule has 0 aromatic rings. The fraction of sp³-hybridized carbons (Fsp3) is 0.900. The Balaban J connectivity index is 3.84. The second-order valence-electron chi connectivity index (χ2n) is 4.43. The minimum atomic E-state index is -0.349. The maximum atomic E-state index is 11.5. The first-order chi connectivity index (χ1) is 5.75. The summed E-state index contributed by atoms with van der Waals surface area (Å²) in [6.45, 7) is 9.44. The first-order valence-electron chi connectivity index (χ1n) is 4.58. The number of ketones is 1. The largest absolute Gasteiger partial charge is 0.392 e. The van der Waals surface area contributed by atoms with Crippen LogP contribution in [0.1, 0.15) is 34.6 Å². The van der Waals surface area contributed by atoms with E-state index < -0.39 is 0 Å². The quantitative estimate of drug-likeness (QED) is 0.762. The zero-order chi connectivity index (χ0) is 10.6. The van der Waals surface area contributed by atoms with Crippen molar-refractivity contribution in [3.63, 3.8) is 0 Å². The van der Waals surface area contributed by atoms with Crippen molar-refractivity contribution in [2.75, 3.05) is 5.75 Å². The molecule has 0 aliphatic heterocycles. The lowest BCUT2D eigenvalue weighted by Crippen LogP contribution is -2.25. The average Bonchev–Trinajstić information content (AvgIpc) is 1.97. The number of carbonyl (C=O) groups excluding carboxylic acids is 1. The van der Waals surface area contributed by atoms with Gasteiger partial charge in [-0.3, -0.25) is 4.79 Å². The van der Waals surface area contributed by atoms with Gasteiger partial charge in [0.2, 0.25) is 0 Å². The maximum Gasteiger partial charge on any atom is 0.148 e. The third-order valence-corrected chi connectivity index (χ3v) is 3.34. The molecule has 0 bridgehead atoms. The number of thioether (sulfide) groups is 1. The summed E-state index contributed by atoms with van der Waals surface area (Å²) in [6, 6.07) is 0. The fourth-order valence-corrected chi connectivity index (χ4v) is 1.69. The lowest BCUT2D eigenvalue weighted by Gasteiger charge is -2.19. The van der Waals surface area contributed by atoms with Gasteiger partial charge in [0.15, 0.2) is 0 Å². The Bertz CT molecular complexity index is 170. The van der Waals surface area contributed by atoms with Crippen LogP contribution in [0.25, 0.3) is 0 Å². The average molecular weight is 204 g/mol. The molecular formula is C10H20O2S. The molecule has 2 atom stereocenters. The lowest BCUT2D eigenvalue weighted by atomic mass is 9.92. The molecule has 0 spiro atoms. The van der Waals surface area contributed by atoms with E-state index in [1.807, 2.05) is 27.7 Å². The highest BCUT2D eigenvalue weighted by atomic mass is 32.2. The lowest BCUT2D eigenvalue weighted by molar-refractivity contribution is -0.123. The molecule has 0 aromatic carbocycles. The van der Waals surface area contributed by atoms with Crippen LogP contribution in [0, 0.1) is 5.41 Å². The van der Waals surface area contributed by atoms with Crippen LogP contribution in [-0.4, -0.2) is 28.0 Å². The van der Waals surface area contributed by atoms with Gasteiger partial charge >= 0.3 is 0 Å². The highest BCUT2D eigenvalue weighted by molar-refractivity contribution is 8.00. The van der Waals surface area contributed by atoms with Gasteiger partial charge in [-0.15, -0.1) is 11.8 Å². The second-order valence-corrected chi connectivity index (χ2v) is 5.80. The first kappa shape index (κ1) is 13.0. The van der Waals surface area contributed by atoms with Crippen LogP contribution in [0.15, 0.2) is 0 Å². The molecule has 13 heavy (non-hydrogen) atoms. The predicted molar refractivity (Wildman–Crippen MR) is 58.1 cm³/mol. The van der Waals surface area contributed by atoms with Gasteiger partial charge in [0.1, 0.15) is 5.78 Å². The van der Waals surface area contributed by atoms with Crippen LogP contribution < -0.4 is 0 Å². The third kappa shape index (κ3) is 5.32. The predicted octanol–water partition coefficient (Wildman–Crippen LogP) is 2.10. The summed E-state index contributed by atoms with van der Waals surface area (Å²) < 4.78 is 0. The van der Waals surface area contributed by atoms with E-state index in [0.717, 1.165) is 0 Å². The molecule has 0 saturated heterocycles. The smallest absolute Gasteiger partial charge is 0.148 e. The summed E-state index contributed by atoms with van der Waals surface area (Å²) >= 11 is 1.52. The molecule has 78 valence electrons. The molecule has 2 unspecified atom stereocenters. The molecule has 0 fully saturated rings. The minimum absolute atomic E-state index is 0.131. The maximum absolute atomic E-state index is 11.5. The van der Waals surface area contributed by atoms with Crippen LogP contribution in [0.3, 0.4) is 0 Å². The topological polar surface area (TPSA) is 37.3 Å². The van der Waals surface area contributed by atoms with Crippen molar-refractivity contribution in [1.29, 1.82) is 0 Å². The van der Waals surface area contributed by atoms with Crippen LogP contribution in [-0.2, 0) is 4.79 Å². The molecule has 0 radical (unpaired) electrons. The Morgan fingerprint density at radius 3 is 2.15 bits per heavy atom. The Morgan fingerprint density at radius 2 is 1.85 bits per heavy atom. The van der Waals surface area contributed by atoms with Crippen LogP contribution >= 0.6 is 11.8 Å². The van der Waals surface area contributed by atoms with Crippen molar-refractivity contribution >= 4 is 17.5 Å². The van der Waals surface area contributed by atoms with E-state index >= 15 is 0 Å². The number of aliphatic hydroxyl groups excluding tert-OH is 1. The third-order valence-electron chi connectivity index (χ3n) is 1.99. The second kappa shape index (κ2) is 5.01. The Kier molecular flexibility index (Phi) is 5.00. The van der Waals surface area contributed by atoms with E-state index in [-0.39, 0.29) is 22.6 Å². The van der Waals surface area contributed by atoms with Gasteiger partial charge in [-0.1, -0.05) is 27.7 Å². The van der Waals surface area contributed by atoms with Crippen LogP contribution in [0.4, 0.5) is 0 Å².